The van der Waals surface area contributed by atoms with E-state index in [0.717, 1.165) is 51.3 Å². The highest BCUT2D eigenvalue weighted by Crippen LogP contribution is 2.31. The van der Waals surface area contributed by atoms with Crippen molar-refractivity contribution in [2.75, 3.05) is 37.8 Å². The first-order chi connectivity index (χ1) is 19.0. The Hall–Kier alpha value is -3.68. The molecule has 2 N–H and O–H groups in total. The molecule has 0 unspecified atom stereocenters. The van der Waals surface area contributed by atoms with E-state index in [1.807, 2.05) is 19.0 Å². The van der Waals surface area contributed by atoms with Crippen LogP contribution in [-0.4, -0.2) is 76.2 Å². The van der Waals surface area contributed by atoms with Crippen LogP contribution in [0.25, 0.3) is 0 Å². The number of carbonyl (C=O) groups is 1. The smallest absolute Gasteiger partial charge is 0.405 e. The quantitative estimate of drug-likeness (QED) is 0.318. The van der Waals surface area contributed by atoms with Crippen molar-refractivity contribution in [1.82, 2.24) is 19.8 Å². The van der Waals surface area contributed by atoms with Crippen LogP contribution < -0.4 is 15.4 Å². The fourth-order valence-electron chi connectivity index (χ4n) is 5.39. The van der Waals surface area contributed by atoms with E-state index in [2.05, 4.69) is 30.2 Å². The number of alkyl halides is 3. The molecule has 1 saturated carbocycles. The molecule has 1 aliphatic heterocycles. The van der Waals surface area contributed by atoms with E-state index in [9.17, 15) is 28.1 Å². The number of nitrogens with zero attached hydrogens (tertiary/aromatic N) is 5. The lowest BCUT2D eigenvalue weighted by Gasteiger charge is -2.36. The number of nitrogens with one attached hydrogen (secondary N) is 2. The number of hydrogen-bond acceptors (Lipinski definition) is 9. The van der Waals surface area contributed by atoms with Gasteiger partial charge in [-0.05, 0) is 64.1 Å². The Balaban J connectivity index is 1.33. The molecule has 1 aliphatic carbocycles. The van der Waals surface area contributed by atoms with Gasteiger partial charge in [-0.15, -0.1) is 13.2 Å². The van der Waals surface area contributed by atoms with Crippen LogP contribution in [0.2, 0.25) is 0 Å². The summed E-state index contributed by atoms with van der Waals surface area (Å²) >= 11 is 0. The number of nitro groups is 1. The Kier molecular flexibility index (Phi) is 9.28. The number of likely N-dealkylation sites (N-methyl/N-ethyl adjacent to an activating group) is 2. The van der Waals surface area contributed by atoms with Gasteiger partial charge in [0.1, 0.15) is 11.9 Å². The predicted molar refractivity (Wildman–Crippen MR) is 142 cm³/mol. The van der Waals surface area contributed by atoms with Gasteiger partial charge in [-0.3, -0.25) is 19.8 Å². The maximum atomic E-state index is 12.9. The summed E-state index contributed by atoms with van der Waals surface area (Å²) in [5, 5.41) is 17.4. The lowest BCUT2D eigenvalue weighted by atomic mass is 9.85. The summed E-state index contributed by atoms with van der Waals surface area (Å²) in [7, 11) is 3.87. The number of rotatable bonds is 10. The van der Waals surface area contributed by atoms with E-state index in [-0.39, 0.29) is 59.2 Å². The van der Waals surface area contributed by atoms with Gasteiger partial charge in [0.25, 0.3) is 0 Å². The SMILES string of the molecule is CN1CCC[C@H]1C(=O)N(C)[C@H]1CC[C@H](CNc2nc(NCc3ccccc3OC(F)(F)F)ncc2[N+](=O)[O-])CC1. The summed E-state index contributed by atoms with van der Waals surface area (Å²) in [6.45, 7) is 1.31. The highest BCUT2D eigenvalue weighted by molar-refractivity contribution is 5.82. The minimum Gasteiger partial charge on any atom is -0.405 e. The maximum Gasteiger partial charge on any atom is 0.573 e. The van der Waals surface area contributed by atoms with E-state index < -0.39 is 11.3 Å². The molecular formula is C26H34F3N7O4. The minimum absolute atomic E-state index is 0.0237. The standard InChI is InChI=1S/C26H34F3N7O4/c1-34-13-5-7-20(34)24(37)35(2)19-11-9-17(10-12-19)14-30-23-21(36(38)39)16-32-25(33-23)31-15-18-6-3-4-8-22(18)40-26(27,28)29/h3-4,6,8,16-17,19-20H,5,7,9-15H2,1-2H3,(H2,30,31,32,33)/t17-,19-,20-/m0/s1. The summed E-state index contributed by atoms with van der Waals surface area (Å²) in [6.07, 6.45) is 1.56. The number of anilines is 2. The number of ether oxygens (including phenoxy) is 1. The number of aromatic nitrogens is 2. The summed E-state index contributed by atoms with van der Waals surface area (Å²) in [6, 6.07) is 5.78. The monoisotopic (exact) mass is 565 g/mol. The minimum atomic E-state index is -4.84. The molecule has 1 atom stereocenters. The van der Waals surface area contributed by atoms with Gasteiger partial charge in [0.2, 0.25) is 17.7 Å². The average molecular weight is 566 g/mol. The zero-order valence-corrected chi connectivity index (χ0v) is 22.5. The number of hydrogen-bond donors (Lipinski definition) is 2. The first-order valence-electron chi connectivity index (χ1n) is 13.3. The molecule has 4 rings (SSSR count). The number of amides is 1. The number of benzene rings is 1. The summed E-state index contributed by atoms with van der Waals surface area (Å²) in [5.41, 5.74) is -0.0814. The number of likely N-dealkylation sites (tertiary alicyclic amines) is 1. The average Bonchev–Trinajstić information content (AvgIpc) is 3.35. The van der Waals surface area contributed by atoms with Crippen LogP contribution >= 0.6 is 0 Å². The van der Waals surface area contributed by atoms with Gasteiger partial charge in [0.15, 0.2) is 0 Å². The van der Waals surface area contributed by atoms with Crippen molar-refractivity contribution in [1.29, 1.82) is 0 Å². The van der Waals surface area contributed by atoms with Crippen LogP contribution in [0.15, 0.2) is 30.5 Å². The molecule has 11 nitrogen and oxygen atoms in total. The van der Waals surface area contributed by atoms with Crippen molar-refractivity contribution in [2.45, 2.75) is 63.5 Å². The molecule has 1 saturated heterocycles. The first kappa shape index (κ1) is 29.3. The topological polar surface area (TPSA) is 126 Å². The Bertz CT molecular complexity index is 1190. The molecule has 1 amide bonds. The van der Waals surface area contributed by atoms with E-state index in [4.69, 9.17) is 0 Å². The van der Waals surface area contributed by atoms with Crippen LogP contribution in [0, 0.1) is 16.0 Å². The molecule has 2 aliphatic rings. The van der Waals surface area contributed by atoms with E-state index in [1.165, 1.54) is 18.2 Å². The third kappa shape index (κ3) is 7.49. The molecule has 2 fully saturated rings. The van der Waals surface area contributed by atoms with Gasteiger partial charge in [-0.25, -0.2) is 4.98 Å². The Morgan fingerprint density at radius 3 is 2.58 bits per heavy atom. The summed E-state index contributed by atoms with van der Waals surface area (Å²) < 4.78 is 42.2. The maximum absolute atomic E-state index is 12.9. The van der Waals surface area contributed by atoms with Crippen molar-refractivity contribution in [2.24, 2.45) is 5.92 Å². The molecule has 1 aromatic carbocycles. The Labute approximate surface area is 230 Å². The Morgan fingerprint density at radius 2 is 1.93 bits per heavy atom. The first-order valence-corrected chi connectivity index (χ1v) is 13.3. The second kappa shape index (κ2) is 12.7. The number of para-hydroxylation sites is 1. The van der Waals surface area contributed by atoms with Gasteiger partial charge >= 0.3 is 12.0 Å². The highest BCUT2D eigenvalue weighted by Gasteiger charge is 2.34. The van der Waals surface area contributed by atoms with Crippen molar-refractivity contribution < 1.29 is 27.6 Å². The van der Waals surface area contributed by atoms with Crippen molar-refractivity contribution in [3.63, 3.8) is 0 Å². The molecule has 1 aromatic heterocycles. The molecule has 0 spiro atoms. The summed E-state index contributed by atoms with van der Waals surface area (Å²) in [5.74, 6) is 0.106. The van der Waals surface area contributed by atoms with E-state index in [1.54, 1.807) is 6.07 Å². The zero-order valence-electron chi connectivity index (χ0n) is 22.5. The molecule has 218 valence electrons. The van der Waals surface area contributed by atoms with E-state index in [0.29, 0.717) is 6.54 Å². The van der Waals surface area contributed by atoms with Crippen LogP contribution in [0.3, 0.4) is 0 Å². The number of halogens is 3. The molecule has 2 aromatic rings. The van der Waals surface area contributed by atoms with Crippen LogP contribution in [0.4, 0.5) is 30.6 Å². The molecule has 40 heavy (non-hydrogen) atoms. The van der Waals surface area contributed by atoms with Crippen LogP contribution in [0.5, 0.6) is 5.75 Å². The van der Waals surface area contributed by atoms with Gasteiger partial charge in [0.05, 0.1) is 11.0 Å². The third-order valence-electron chi connectivity index (χ3n) is 7.68. The fourth-order valence-corrected chi connectivity index (χ4v) is 5.39. The van der Waals surface area contributed by atoms with Crippen molar-refractivity contribution >= 4 is 23.4 Å². The molecular weight excluding hydrogens is 531 g/mol. The van der Waals surface area contributed by atoms with Crippen molar-refractivity contribution in [3.05, 3.63) is 46.1 Å². The molecule has 0 bridgehead atoms. The molecule has 0 radical (unpaired) electrons. The molecule has 14 heteroatoms. The lowest BCUT2D eigenvalue weighted by molar-refractivity contribution is -0.384. The number of carbonyl (C=O) groups excluding carboxylic acids is 1. The van der Waals surface area contributed by atoms with Crippen LogP contribution in [-0.2, 0) is 11.3 Å². The predicted octanol–water partition coefficient (Wildman–Crippen LogP) is 4.42. The second-order valence-electron chi connectivity index (χ2n) is 10.3. The zero-order chi connectivity index (χ0) is 28.9. The largest absolute Gasteiger partial charge is 0.573 e. The third-order valence-corrected chi connectivity index (χ3v) is 7.68. The van der Waals surface area contributed by atoms with Gasteiger partial charge in [-0.1, -0.05) is 18.2 Å². The lowest BCUT2D eigenvalue weighted by Crippen LogP contribution is -2.48. The normalized spacial score (nSPS) is 21.6. The second-order valence-corrected chi connectivity index (χ2v) is 10.3. The van der Waals surface area contributed by atoms with Crippen LogP contribution in [0.1, 0.15) is 44.1 Å². The van der Waals surface area contributed by atoms with Crippen molar-refractivity contribution in [3.8, 4) is 5.75 Å². The van der Waals surface area contributed by atoms with Gasteiger partial charge in [-0.2, -0.15) is 4.98 Å². The van der Waals surface area contributed by atoms with Gasteiger partial charge in [0, 0.05) is 31.7 Å². The molecule has 2 heterocycles. The van der Waals surface area contributed by atoms with Gasteiger partial charge < -0.3 is 20.3 Å². The fraction of sp³-hybridized carbons (Fsp3) is 0.577. The van der Waals surface area contributed by atoms with E-state index >= 15 is 0 Å². The summed E-state index contributed by atoms with van der Waals surface area (Å²) in [4.78, 5) is 36.1. The Morgan fingerprint density at radius 1 is 1.20 bits per heavy atom. The highest BCUT2D eigenvalue weighted by atomic mass is 19.4.